The van der Waals surface area contributed by atoms with E-state index >= 15 is 0 Å². The highest BCUT2D eigenvalue weighted by atomic mass is 16.2. The van der Waals surface area contributed by atoms with Crippen LogP contribution in [0.15, 0.2) is 0 Å². The Balaban J connectivity index is 2.75. The summed E-state index contributed by atoms with van der Waals surface area (Å²) in [6, 6.07) is 0.515. The molecule has 4 nitrogen and oxygen atoms in total. The van der Waals surface area contributed by atoms with Gasteiger partial charge < -0.3 is 9.80 Å². The number of hydrogen-bond donors (Lipinski definition) is 1. The summed E-state index contributed by atoms with van der Waals surface area (Å²) in [6.07, 6.45) is 1.00. The Kier molecular flexibility index (Phi) is 5.39. The smallest absolute Gasteiger partial charge is 0.243 e. The number of hydrogen-bond acceptors (Lipinski definition) is 3. The zero-order chi connectivity index (χ0) is 14.8. The fraction of sp³-hybridized carbons (Fsp3) is 0.933. The van der Waals surface area contributed by atoms with Crippen LogP contribution in [0.5, 0.6) is 0 Å². The summed E-state index contributed by atoms with van der Waals surface area (Å²) in [5.41, 5.74) is -0.384. The number of carbonyl (C=O) groups excluding carboxylic acids is 1. The lowest BCUT2D eigenvalue weighted by Gasteiger charge is -2.30. The van der Waals surface area contributed by atoms with Gasteiger partial charge in [-0.25, -0.2) is 0 Å². The third kappa shape index (κ3) is 3.48. The minimum absolute atomic E-state index is 0.165. The predicted octanol–water partition coefficient (Wildman–Crippen LogP) is 1.91. The molecule has 0 aliphatic carbocycles. The summed E-state index contributed by atoms with van der Waals surface area (Å²) in [5, 5.41) is 3.53. The van der Waals surface area contributed by atoms with E-state index in [4.69, 9.17) is 0 Å². The van der Waals surface area contributed by atoms with Crippen LogP contribution in [0.4, 0.5) is 0 Å². The molecule has 1 N–H and O–H groups in total. The van der Waals surface area contributed by atoms with Crippen LogP contribution in [0.3, 0.4) is 0 Å². The van der Waals surface area contributed by atoms with E-state index in [9.17, 15) is 4.79 Å². The van der Waals surface area contributed by atoms with Gasteiger partial charge in [-0.1, -0.05) is 20.8 Å². The van der Waals surface area contributed by atoms with Crippen LogP contribution in [-0.4, -0.2) is 53.6 Å². The molecule has 2 atom stereocenters. The van der Waals surface area contributed by atoms with Gasteiger partial charge in [-0.2, -0.15) is 0 Å². The van der Waals surface area contributed by atoms with Crippen molar-refractivity contribution >= 4 is 5.91 Å². The van der Waals surface area contributed by atoms with Gasteiger partial charge in [0, 0.05) is 19.1 Å². The molecule has 1 saturated heterocycles. The molecule has 4 heteroatoms. The Labute approximate surface area is 118 Å². The summed E-state index contributed by atoms with van der Waals surface area (Å²) in [7, 11) is 2.11. The Hall–Kier alpha value is -0.610. The van der Waals surface area contributed by atoms with Gasteiger partial charge >= 0.3 is 0 Å². The number of rotatable bonds is 6. The first kappa shape index (κ1) is 16.4. The van der Waals surface area contributed by atoms with Crippen molar-refractivity contribution in [2.75, 3.05) is 20.1 Å². The first-order valence-electron chi connectivity index (χ1n) is 7.52. The molecule has 112 valence electrons. The van der Waals surface area contributed by atoms with E-state index in [1.54, 1.807) is 0 Å². The van der Waals surface area contributed by atoms with Crippen molar-refractivity contribution < 1.29 is 4.79 Å². The maximum Gasteiger partial charge on any atom is 0.243 e. The Morgan fingerprint density at radius 2 is 1.95 bits per heavy atom. The molecule has 1 heterocycles. The maximum absolute atomic E-state index is 12.6. The molecule has 1 rings (SSSR count). The molecule has 1 aliphatic heterocycles. The predicted molar refractivity (Wildman–Crippen MR) is 79.9 cm³/mol. The minimum atomic E-state index is -0.384. The van der Waals surface area contributed by atoms with Crippen molar-refractivity contribution in [2.45, 2.75) is 65.7 Å². The lowest BCUT2D eigenvalue weighted by Crippen LogP contribution is -2.45. The number of nitrogens with zero attached hydrogens (tertiary/aromatic N) is 2. The second kappa shape index (κ2) is 6.23. The summed E-state index contributed by atoms with van der Waals surface area (Å²) in [4.78, 5) is 16.9. The van der Waals surface area contributed by atoms with Gasteiger partial charge in [-0.05, 0) is 40.2 Å². The fourth-order valence-corrected chi connectivity index (χ4v) is 2.45. The van der Waals surface area contributed by atoms with E-state index in [1.165, 1.54) is 0 Å². The average Bonchev–Trinajstić information content (AvgIpc) is 2.60. The summed E-state index contributed by atoms with van der Waals surface area (Å²) < 4.78 is 0. The molecule has 0 bridgehead atoms. The van der Waals surface area contributed by atoms with Gasteiger partial charge in [0.1, 0.15) is 0 Å². The summed E-state index contributed by atoms with van der Waals surface area (Å²) in [6.45, 7) is 14.5. The summed E-state index contributed by atoms with van der Waals surface area (Å²) in [5.74, 6) is 0.688. The minimum Gasteiger partial charge on any atom is -0.324 e. The van der Waals surface area contributed by atoms with E-state index in [1.807, 2.05) is 11.8 Å². The standard InChI is InChI=1S/C15H31N3O/c1-8-15(6)14(19)18(13(16-15)11(2)3)10-9-17(7)12(4)5/h11-13,16H,8-10H2,1-7H3. The highest BCUT2D eigenvalue weighted by Crippen LogP contribution is 2.26. The average molecular weight is 269 g/mol. The van der Waals surface area contributed by atoms with Crippen molar-refractivity contribution in [3.63, 3.8) is 0 Å². The van der Waals surface area contributed by atoms with E-state index in [-0.39, 0.29) is 17.6 Å². The Morgan fingerprint density at radius 1 is 1.37 bits per heavy atom. The second-order valence-corrected chi connectivity index (χ2v) is 6.59. The van der Waals surface area contributed by atoms with Gasteiger partial charge in [-0.3, -0.25) is 10.1 Å². The topological polar surface area (TPSA) is 35.6 Å². The van der Waals surface area contributed by atoms with Crippen molar-refractivity contribution in [1.29, 1.82) is 0 Å². The van der Waals surface area contributed by atoms with Crippen molar-refractivity contribution in [2.24, 2.45) is 5.92 Å². The number of amides is 1. The van der Waals surface area contributed by atoms with Gasteiger partial charge in [0.25, 0.3) is 0 Å². The Bertz CT molecular complexity index is 317. The van der Waals surface area contributed by atoms with Crippen LogP contribution in [0.1, 0.15) is 48.0 Å². The molecule has 1 aliphatic rings. The normalized spacial score (nSPS) is 28.2. The summed E-state index contributed by atoms with van der Waals surface area (Å²) >= 11 is 0. The second-order valence-electron chi connectivity index (χ2n) is 6.59. The first-order chi connectivity index (χ1) is 8.73. The third-order valence-corrected chi connectivity index (χ3v) is 4.45. The lowest BCUT2D eigenvalue weighted by molar-refractivity contribution is -0.133. The molecule has 0 aromatic rings. The monoisotopic (exact) mass is 269 g/mol. The van der Waals surface area contributed by atoms with E-state index in [0.717, 1.165) is 19.5 Å². The van der Waals surface area contributed by atoms with Crippen molar-refractivity contribution in [3.8, 4) is 0 Å². The molecular formula is C15H31N3O. The van der Waals surface area contributed by atoms with Gasteiger partial charge in [0.05, 0.1) is 11.7 Å². The molecule has 1 amide bonds. The zero-order valence-electron chi connectivity index (χ0n) is 13.7. The highest BCUT2D eigenvalue weighted by Gasteiger charge is 2.47. The molecule has 0 saturated carbocycles. The van der Waals surface area contributed by atoms with Crippen LogP contribution in [0.2, 0.25) is 0 Å². The molecule has 0 radical (unpaired) electrons. The first-order valence-corrected chi connectivity index (χ1v) is 7.52. The van der Waals surface area contributed by atoms with Crippen LogP contribution in [0.25, 0.3) is 0 Å². The van der Waals surface area contributed by atoms with Crippen molar-refractivity contribution in [1.82, 2.24) is 15.1 Å². The van der Waals surface area contributed by atoms with Crippen LogP contribution in [-0.2, 0) is 4.79 Å². The number of nitrogens with one attached hydrogen (secondary N) is 1. The number of likely N-dealkylation sites (N-methyl/N-ethyl adjacent to an activating group) is 1. The third-order valence-electron chi connectivity index (χ3n) is 4.45. The van der Waals surface area contributed by atoms with E-state index in [2.05, 4.69) is 51.9 Å². The highest BCUT2D eigenvalue weighted by molar-refractivity contribution is 5.88. The van der Waals surface area contributed by atoms with Gasteiger partial charge in [0.2, 0.25) is 5.91 Å². The molecular weight excluding hydrogens is 238 g/mol. The Morgan fingerprint density at radius 3 is 2.37 bits per heavy atom. The molecule has 2 unspecified atom stereocenters. The largest absolute Gasteiger partial charge is 0.324 e. The quantitative estimate of drug-likeness (QED) is 0.800. The van der Waals surface area contributed by atoms with Gasteiger partial charge in [0.15, 0.2) is 0 Å². The van der Waals surface area contributed by atoms with Crippen LogP contribution >= 0.6 is 0 Å². The zero-order valence-corrected chi connectivity index (χ0v) is 13.7. The van der Waals surface area contributed by atoms with Gasteiger partial charge in [-0.15, -0.1) is 0 Å². The molecule has 0 spiro atoms. The van der Waals surface area contributed by atoms with Crippen LogP contribution in [0, 0.1) is 5.92 Å². The SMILES string of the molecule is CCC1(C)NC(C(C)C)N(CCN(C)C(C)C)C1=O. The van der Waals surface area contributed by atoms with Crippen LogP contribution < -0.4 is 5.32 Å². The fourth-order valence-electron chi connectivity index (χ4n) is 2.45. The van der Waals surface area contributed by atoms with Crippen molar-refractivity contribution in [3.05, 3.63) is 0 Å². The molecule has 0 aromatic carbocycles. The molecule has 0 aromatic heterocycles. The van der Waals surface area contributed by atoms with E-state index in [0.29, 0.717) is 12.0 Å². The van der Waals surface area contributed by atoms with E-state index < -0.39 is 0 Å². The molecule has 1 fully saturated rings. The maximum atomic E-state index is 12.6. The lowest BCUT2D eigenvalue weighted by atomic mass is 9.99. The number of carbonyl (C=O) groups is 1. The molecule has 19 heavy (non-hydrogen) atoms.